The van der Waals surface area contributed by atoms with E-state index < -0.39 is 5.97 Å². The van der Waals surface area contributed by atoms with Crippen LogP contribution in [0.25, 0.3) is 21.9 Å². The molecule has 0 spiro atoms. The van der Waals surface area contributed by atoms with Gasteiger partial charge in [0.1, 0.15) is 5.52 Å². The van der Waals surface area contributed by atoms with E-state index in [2.05, 4.69) is 19.7 Å². The number of nitrogens with zero attached hydrogens (tertiary/aromatic N) is 2. The third kappa shape index (κ3) is 1.74. The number of benzene rings is 1. The summed E-state index contributed by atoms with van der Waals surface area (Å²) in [5, 5.41) is 0.732. The van der Waals surface area contributed by atoms with Crippen LogP contribution in [-0.2, 0) is 4.74 Å². The number of rotatable bonds is 1. The van der Waals surface area contributed by atoms with Crippen LogP contribution in [0.5, 0.6) is 0 Å². The van der Waals surface area contributed by atoms with E-state index in [9.17, 15) is 9.59 Å². The molecule has 1 N–H and O–H groups in total. The number of hydrogen-bond acceptors (Lipinski definition) is 5. The highest BCUT2D eigenvalue weighted by molar-refractivity contribution is 6.03. The third-order valence-corrected chi connectivity index (χ3v) is 2.86. The zero-order valence-corrected chi connectivity index (χ0v) is 10.0. The minimum atomic E-state index is -0.456. The summed E-state index contributed by atoms with van der Waals surface area (Å²) < 4.78 is 4.64. The highest BCUT2D eigenvalue weighted by Crippen LogP contribution is 2.19. The maximum absolute atomic E-state index is 11.9. The first kappa shape index (κ1) is 11.3. The monoisotopic (exact) mass is 255 g/mol. The highest BCUT2D eigenvalue weighted by atomic mass is 16.5. The summed E-state index contributed by atoms with van der Waals surface area (Å²) in [6.45, 7) is 0. The molecular formula is C13H9N3O3. The minimum Gasteiger partial charge on any atom is -0.465 e. The van der Waals surface area contributed by atoms with E-state index in [1.54, 1.807) is 18.2 Å². The van der Waals surface area contributed by atoms with Gasteiger partial charge >= 0.3 is 5.97 Å². The van der Waals surface area contributed by atoms with Gasteiger partial charge in [-0.05, 0) is 18.2 Å². The molecule has 0 atom stereocenters. The summed E-state index contributed by atoms with van der Waals surface area (Å²) in [4.78, 5) is 34.2. The van der Waals surface area contributed by atoms with Crippen molar-refractivity contribution in [1.82, 2.24) is 15.0 Å². The number of aromatic nitrogens is 3. The Labute approximate surface area is 107 Å². The predicted molar refractivity (Wildman–Crippen MR) is 69.0 cm³/mol. The number of methoxy groups -OCH3 is 1. The van der Waals surface area contributed by atoms with Crippen molar-refractivity contribution in [3.05, 3.63) is 46.5 Å². The Morgan fingerprint density at radius 3 is 2.68 bits per heavy atom. The molecule has 0 saturated carbocycles. The number of fused-ring (bicyclic) bond motifs is 3. The number of carbonyl (C=O) groups is 1. The van der Waals surface area contributed by atoms with Gasteiger partial charge in [-0.15, -0.1) is 0 Å². The fourth-order valence-electron chi connectivity index (χ4n) is 1.98. The van der Waals surface area contributed by atoms with E-state index in [1.807, 2.05) is 0 Å². The first-order valence-corrected chi connectivity index (χ1v) is 5.56. The molecule has 0 amide bonds. The van der Waals surface area contributed by atoms with Crippen LogP contribution in [0, 0.1) is 0 Å². The van der Waals surface area contributed by atoms with Crippen LogP contribution in [-0.4, -0.2) is 28.0 Å². The molecule has 6 heteroatoms. The Bertz CT molecular complexity index is 854. The standard InChI is InChI=1S/C13H9N3O3/c1-19-13(18)7-2-3-8-9(6-7)16-12(17)11-10(8)14-4-5-15-11/h2-6H,1H3,(H,16,17). The Kier molecular flexibility index (Phi) is 2.49. The number of hydrogen-bond donors (Lipinski definition) is 1. The van der Waals surface area contributed by atoms with Gasteiger partial charge < -0.3 is 9.72 Å². The van der Waals surface area contributed by atoms with Crippen molar-refractivity contribution in [2.24, 2.45) is 0 Å². The van der Waals surface area contributed by atoms with Gasteiger partial charge in [-0.3, -0.25) is 9.78 Å². The summed E-state index contributed by atoms with van der Waals surface area (Å²) in [5.41, 5.74) is 1.35. The lowest BCUT2D eigenvalue weighted by molar-refractivity contribution is 0.0601. The van der Waals surface area contributed by atoms with Crippen molar-refractivity contribution in [2.45, 2.75) is 0 Å². The summed E-state index contributed by atoms with van der Waals surface area (Å²) in [7, 11) is 1.31. The summed E-state index contributed by atoms with van der Waals surface area (Å²) in [6.07, 6.45) is 2.99. The van der Waals surface area contributed by atoms with Crippen LogP contribution in [0.3, 0.4) is 0 Å². The molecule has 0 unspecified atom stereocenters. The van der Waals surface area contributed by atoms with Gasteiger partial charge in [0.2, 0.25) is 0 Å². The maximum Gasteiger partial charge on any atom is 0.337 e. The molecule has 0 radical (unpaired) electrons. The van der Waals surface area contributed by atoms with Crippen LogP contribution >= 0.6 is 0 Å². The van der Waals surface area contributed by atoms with Crippen molar-refractivity contribution >= 4 is 27.9 Å². The molecule has 19 heavy (non-hydrogen) atoms. The fraction of sp³-hybridized carbons (Fsp3) is 0.0769. The SMILES string of the molecule is COC(=O)c1ccc2c(c1)[nH]c(=O)c1nccnc12. The van der Waals surface area contributed by atoms with Crippen molar-refractivity contribution in [1.29, 1.82) is 0 Å². The second-order valence-electron chi connectivity index (χ2n) is 3.96. The Hall–Kier alpha value is -2.76. The Morgan fingerprint density at radius 2 is 1.95 bits per heavy atom. The lowest BCUT2D eigenvalue weighted by Crippen LogP contribution is -2.09. The van der Waals surface area contributed by atoms with Crippen molar-refractivity contribution in [3.63, 3.8) is 0 Å². The molecule has 3 rings (SSSR count). The maximum atomic E-state index is 11.9. The van der Waals surface area contributed by atoms with E-state index in [0.29, 0.717) is 16.6 Å². The molecule has 0 aliphatic heterocycles. The van der Waals surface area contributed by atoms with E-state index in [1.165, 1.54) is 19.5 Å². The van der Waals surface area contributed by atoms with Crippen LogP contribution in [0.15, 0.2) is 35.4 Å². The van der Waals surface area contributed by atoms with Crippen molar-refractivity contribution in [3.8, 4) is 0 Å². The van der Waals surface area contributed by atoms with Gasteiger partial charge in [0.25, 0.3) is 5.56 Å². The quantitative estimate of drug-likeness (QED) is 0.522. The summed E-state index contributed by atoms with van der Waals surface area (Å²) in [5.74, 6) is -0.456. The molecule has 94 valence electrons. The molecule has 0 aliphatic rings. The third-order valence-electron chi connectivity index (χ3n) is 2.86. The van der Waals surface area contributed by atoms with Gasteiger partial charge in [-0.25, -0.2) is 9.78 Å². The zero-order chi connectivity index (χ0) is 13.4. The number of nitrogens with one attached hydrogen (secondary N) is 1. The molecule has 2 aromatic heterocycles. The summed E-state index contributed by atoms with van der Waals surface area (Å²) >= 11 is 0. The lowest BCUT2D eigenvalue weighted by Gasteiger charge is -2.04. The van der Waals surface area contributed by atoms with Gasteiger partial charge in [0.15, 0.2) is 5.52 Å². The van der Waals surface area contributed by atoms with Gasteiger partial charge in [-0.1, -0.05) is 0 Å². The normalized spacial score (nSPS) is 10.8. The van der Waals surface area contributed by atoms with Gasteiger partial charge in [0.05, 0.1) is 18.2 Å². The smallest absolute Gasteiger partial charge is 0.337 e. The van der Waals surface area contributed by atoms with E-state index in [0.717, 1.165) is 5.39 Å². The molecule has 6 nitrogen and oxygen atoms in total. The second-order valence-corrected chi connectivity index (χ2v) is 3.96. The van der Waals surface area contributed by atoms with Crippen LogP contribution in [0.4, 0.5) is 0 Å². The van der Waals surface area contributed by atoms with E-state index in [4.69, 9.17) is 0 Å². The molecule has 0 bridgehead atoms. The lowest BCUT2D eigenvalue weighted by atomic mass is 10.1. The molecular weight excluding hydrogens is 246 g/mol. The Morgan fingerprint density at radius 1 is 1.21 bits per heavy atom. The fourth-order valence-corrected chi connectivity index (χ4v) is 1.98. The Balaban J connectivity index is 2.40. The average Bonchev–Trinajstić information content (AvgIpc) is 2.46. The van der Waals surface area contributed by atoms with Crippen LogP contribution in [0.2, 0.25) is 0 Å². The largest absolute Gasteiger partial charge is 0.465 e. The number of H-pyrrole nitrogens is 1. The summed E-state index contributed by atoms with van der Waals surface area (Å²) in [6, 6.07) is 4.91. The zero-order valence-electron chi connectivity index (χ0n) is 10.0. The number of carbonyl (C=O) groups excluding carboxylic acids is 1. The second kappa shape index (κ2) is 4.16. The average molecular weight is 255 g/mol. The first-order chi connectivity index (χ1) is 9.20. The van der Waals surface area contributed by atoms with E-state index in [-0.39, 0.29) is 11.1 Å². The predicted octanol–water partition coefficient (Wildman–Crippen LogP) is 1.26. The molecule has 0 saturated heterocycles. The number of esters is 1. The molecule has 0 aliphatic carbocycles. The van der Waals surface area contributed by atoms with Crippen molar-refractivity contribution in [2.75, 3.05) is 7.11 Å². The van der Waals surface area contributed by atoms with Gasteiger partial charge in [0, 0.05) is 17.8 Å². The first-order valence-electron chi connectivity index (χ1n) is 5.56. The number of aromatic amines is 1. The number of pyridine rings is 1. The molecule has 3 aromatic rings. The highest BCUT2D eigenvalue weighted by Gasteiger charge is 2.10. The molecule has 2 heterocycles. The number of ether oxygens (including phenoxy) is 1. The van der Waals surface area contributed by atoms with Crippen LogP contribution < -0.4 is 5.56 Å². The molecule has 1 aromatic carbocycles. The van der Waals surface area contributed by atoms with Gasteiger partial charge in [-0.2, -0.15) is 0 Å². The molecule has 0 fully saturated rings. The van der Waals surface area contributed by atoms with Crippen molar-refractivity contribution < 1.29 is 9.53 Å². The van der Waals surface area contributed by atoms with E-state index >= 15 is 0 Å². The topological polar surface area (TPSA) is 84.9 Å². The van der Waals surface area contributed by atoms with Crippen LogP contribution in [0.1, 0.15) is 10.4 Å². The minimum absolute atomic E-state index is 0.279.